The molecule has 0 saturated carbocycles. The Balaban J connectivity index is 1.71. The Labute approximate surface area is 173 Å². The first-order chi connectivity index (χ1) is 14.0. The first kappa shape index (κ1) is 21.0. The number of aromatic carboxylic acids is 1. The highest BCUT2D eigenvalue weighted by atomic mass is 35.5. The zero-order valence-electron chi connectivity index (χ0n) is 15.6. The van der Waals surface area contributed by atoms with E-state index in [1.165, 1.54) is 12.1 Å². The average molecular weight is 414 g/mol. The van der Waals surface area contributed by atoms with Crippen molar-refractivity contribution in [2.75, 3.05) is 13.1 Å². The molecule has 3 aromatic carbocycles. The van der Waals surface area contributed by atoms with Crippen LogP contribution < -0.4 is 5.32 Å². The van der Waals surface area contributed by atoms with E-state index in [9.17, 15) is 15.0 Å². The number of carboxylic acid groups (broad SMARTS) is 1. The van der Waals surface area contributed by atoms with Gasteiger partial charge in [0.1, 0.15) is 5.82 Å². The summed E-state index contributed by atoms with van der Waals surface area (Å²) in [5.74, 6) is -1.70. The molecule has 0 heterocycles. The Hall–Kier alpha value is -2.73. The Bertz CT molecular complexity index is 995. The fraction of sp³-hybridized carbons (Fsp3) is 0.174. The van der Waals surface area contributed by atoms with Crippen LogP contribution in [0.1, 0.15) is 27.6 Å². The molecule has 0 unspecified atom stereocenters. The molecule has 0 aliphatic rings. The minimum absolute atomic E-state index is 0.0561. The first-order valence-electron chi connectivity index (χ1n) is 9.21. The van der Waals surface area contributed by atoms with Crippen LogP contribution in [-0.2, 0) is 6.42 Å². The molecule has 1 atom stereocenters. The lowest BCUT2D eigenvalue weighted by Crippen LogP contribution is -2.24. The van der Waals surface area contributed by atoms with Gasteiger partial charge < -0.3 is 15.5 Å². The largest absolute Gasteiger partial charge is 0.478 e. The van der Waals surface area contributed by atoms with Gasteiger partial charge in [0.25, 0.3) is 0 Å². The third-order valence-corrected chi connectivity index (χ3v) is 4.92. The lowest BCUT2D eigenvalue weighted by molar-refractivity contribution is 0.0695. The van der Waals surface area contributed by atoms with Crippen molar-refractivity contribution in [3.8, 4) is 11.1 Å². The summed E-state index contributed by atoms with van der Waals surface area (Å²) in [6.45, 7) is 0.551. The lowest BCUT2D eigenvalue weighted by Gasteiger charge is -2.15. The third-order valence-electron chi connectivity index (χ3n) is 4.68. The van der Waals surface area contributed by atoms with Gasteiger partial charge in [-0.15, -0.1) is 0 Å². The van der Waals surface area contributed by atoms with Gasteiger partial charge in [-0.05, 0) is 42.3 Å². The number of hydrogen-bond donors (Lipinski definition) is 3. The van der Waals surface area contributed by atoms with Crippen LogP contribution in [0.5, 0.6) is 0 Å². The van der Waals surface area contributed by atoms with Crippen LogP contribution in [0.25, 0.3) is 11.1 Å². The second-order valence-electron chi connectivity index (χ2n) is 6.65. The van der Waals surface area contributed by atoms with E-state index < -0.39 is 17.9 Å². The van der Waals surface area contributed by atoms with Crippen molar-refractivity contribution in [2.45, 2.75) is 12.5 Å². The number of hydrogen-bond acceptors (Lipinski definition) is 3. The monoisotopic (exact) mass is 413 g/mol. The van der Waals surface area contributed by atoms with Crippen molar-refractivity contribution in [3.05, 3.63) is 94.3 Å². The van der Waals surface area contributed by atoms with Crippen molar-refractivity contribution in [2.24, 2.45) is 0 Å². The molecular formula is C23H21ClFNO3. The van der Waals surface area contributed by atoms with Crippen LogP contribution >= 0.6 is 11.6 Å². The molecule has 3 rings (SSSR count). The number of carboxylic acids is 1. The molecule has 150 valence electrons. The molecule has 0 spiro atoms. The van der Waals surface area contributed by atoms with Gasteiger partial charge in [0.15, 0.2) is 0 Å². The standard InChI is InChI=1S/C23H21ClFNO3/c24-17-8-4-7-16(13-17)21(27)14-26-12-11-19-20(23(28)29)10-9-18(22(19)25)15-5-2-1-3-6-15/h1-10,13,21,26-27H,11-12,14H2,(H,28,29)/t21-/m0/s1. The number of aliphatic hydroxyl groups excluding tert-OH is 1. The Morgan fingerprint density at radius 3 is 2.52 bits per heavy atom. The molecule has 6 heteroatoms. The molecule has 0 radical (unpaired) electrons. The van der Waals surface area contributed by atoms with Gasteiger partial charge in [-0.1, -0.05) is 60.1 Å². The van der Waals surface area contributed by atoms with Crippen molar-refractivity contribution >= 4 is 17.6 Å². The molecule has 0 amide bonds. The second kappa shape index (κ2) is 9.65. The number of rotatable bonds is 8. The van der Waals surface area contributed by atoms with Gasteiger partial charge in [-0.25, -0.2) is 9.18 Å². The molecule has 3 N–H and O–H groups in total. The maximum absolute atomic E-state index is 15.1. The summed E-state index contributed by atoms with van der Waals surface area (Å²) in [5.41, 5.74) is 1.81. The van der Waals surface area contributed by atoms with Gasteiger partial charge in [0.2, 0.25) is 0 Å². The summed E-state index contributed by atoms with van der Waals surface area (Å²) >= 11 is 5.93. The minimum atomic E-state index is -1.17. The van der Waals surface area contributed by atoms with Crippen LogP contribution in [0.15, 0.2) is 66.7 Å². The van der Waals surface area contributed by atoms with Crippen molar-refractivity contribution in [1.82, 2.24) is 5.32 Å². The van der Waals surface area contributed by atoms with E-state index in [1.807, 2.05) is 6.07 Å². The maximum Gasteiger partial charge on any atom is 0.336 e. The predicted molar refractivity (Wildman–Crippen MR) is 112 cm³/mol. The van der Waals surface area contributed by atoms with E-state index in [0.717, 1.165) is 0 Å². The van der Waals surface area contributed by atoms with E-state index in [4.69, 9.17) is 11.6 Å². The van der Waals surface area contributed by atoms with E-state index in [1.54, 1.807) is 48.5 Å². The van der Waals surface area contributed by atoms with Crippen LogP contribution in [0.3, 0.4) is 0 Å². The Morgan fingerprint density at radius 1 is 1.07 bits per heavy atom. The summed E-state index contributed by atoms with van der Waals surface area (Å²) in [4.78, 5) is 11.5. The highest BCUT2D eigenvalue weighted by Crippen LogP contribution is 2.27. The SMILES string of the molecule is O=C(O)c1ccc(-c2ccccc2)c(F)c1CCNC[C@H](O)c1cccc(Cl)c1. The third kappa shape index (κ3) is 5.21. The molecule has 0 saturated heterocycles. The quantitative estimate of drug-likeness (QED) is 0.468. The molecular weight excluding hydrogens is 393 g/mol. The predicted octanol–water partition coefficient (Wildman–Crippen LogP) is 4.71. The van der Waals surface area contributed by atoms with E-state index >= 15 is 4.39 Å². The van der Waals surface area contributed by atoms with Crippen LogP contribution in [-0.4, -0.2) is 29.3 Å². The highest BCUT2D eigenvalue weighted by Gasteiger charge is 2.18. The van der Waals surface area contributed by atoms with E-state index in [2.05, 4.69) is 5.32 Å². The Morgan fingerprint density at radius 2 is 1.83 bits per heavy atom. The van der Waals surface area contributed by atoms with Crippen molar-refractivity contribution in [1.29, 1.82) is 0 Å². The van der Waals surface area contributed by atoms with Gasteiger partial charge in [0, 0.05) is 22.7 Å². The number of aliphatic hydroxyl groups is 1. The summed E-state index contributed by atoms with van der Waals surface area (Å²) in [7, 11) is 0. The smallest absolute Gasteiger partial charge is 0.336 e. The Kier molecular flexibility index (Phi) is 6.99. The normalized spacial score (nSPS) is 12.0. The van der Waals surface area contributed by atoms with Gasteiger partial charge in [0.05, 0.1) is 11.7 Å². The first-order valence-corrected chi connectivity index (χ1v) is 9.59. The summed E-state index contributed by atoms with van der Waals surface area (Å²) in [6.07, 6.45) is -0.593. The fourth-order valence-electron chi connectivity index (χ4n) is 3.19. The maximum atomic E-state index is 15.1. The molecule has 0 aromatic heterocycles. The summed E-state index contributed by atoms with van der Waals surface area (Å²) in [5, 5.41) is 23.3. The van der Waals surface area contributed by atoms with Crippen LogP contribution in [0.4, 0.5) is 4.39 Å². The molecule has 0 aliphatic carbocycles. The molecule has 3 aromatic rings. The minimum Gasteiger partial charge on any atom is -0.478 e. The van der Waals surface area contributed by atoms with Crippen molar-refractivity contribution in [3.63, 3.8) is 0 Å². The molecule has 29 heavy (non-hydrogen) atoms. The number of carbonyl (C=O) groups is 1. The van der Waals surface area contributed by atoms with E-state index in [0.29, 0.717) is 28.3 Å². The van der Waals surface area contributed by atoms with Gasteiger partial charge in [-0.2, -0.15) is 0 Å². The zero-order valence-corrected chi connectivity index (χ0v) is 16.4. The van der Waals surface area contributed by atoms with Gasteiger partial charge in [-0.3, -0.25) is 0 Å². The molecule has 0 aliphatic heterocycles. The summed E-state index contributed by atoms with van der Waals surface area (Å²) < 4.78 is 15.1. The molecule has 0 fully saturated rings. The van der Waals surface area contributed by atoms with Crippen LogP contribution in [0.2, 0.25) is 5.02 Å². The molecule has 4 nitrogen and oxygen atoms in total. The van der Waals surface area contributed by atoms with Crippen LogP contribution in [0, 0.1) is 5.82 Å². The lowest BCUT2D eigenvalue weighted by atomic mass is 9.96. The number of halogens is 2. The summed E-state index contributed by atoms with van der Waals surface area (Å²) in [6, 6.07) is 18.9. The molecule has 0 bridgehead atoms. The average Bonchev–Trinajstić information content (AvgIpc) is 2.72. The zero-order chi connectivity index (χ0) is 20.8. The number of benzene rings is 3. The highest BCUT2D eigenvalue weighted by molar-refractivity contribution is 6.30. The van der Waals surface area contributed by atoms with Gasteiger partial charge >= 0.3 is 5.97 Å². The fourth-order valence-corrected chi connectivity index (χ4v) is 3.39. The topological polar surface area (TPSA) is 69.6 Å². The second-order valence-corrected chi connectivity index (χ2v) is 7.09. The van der Waals surface area contributed by atoms with E-state index in [-0.39, 0.29) is 24.1 Å². The number of nitrogens with one attached hydrogen (secondary N) is 1. The van der Waals surface area contributed by atoms with Crippen molar-refractivity contribution < 1.29 is 19.4 Å².